The van der Waals surface area contributed by atoms with Crippen LogP contribution in [-0.2, 0) is 0 Å². The van der Waals surface area contributed by atoms with Gasteiger partial charge in [0, 0.05) is 25.2 Å². The normalized spacial score (nSPS) is 14.5. The lowest BCUT2D eigenvalue weighted by Crippen LogP contribution is -2.41. The van der Waals surface area contributed by atoms with E-state index in [1.165, 1.54) is 6.54 Å². The molecule has 2 nitrogen and oxygen atoms in total. The smallest absolute Gasteiger partial charge is 0.0189 e. The van der Waals surface area contributed by atoms with Crippen molar-refractivity contribution in [3.05, 3.63) is 0 Å². The minimum Gasteiger partial charge on any atom is -0.313 e. The lowest BCUT2D eigenvalue weighted by Gasteiger charge is -2.27. The molecule has 0 aromatic rings. The van der Waals surface area contributed by atoms with E-state index in [9.17, 15) is 0 Å². The molecule has 0 radical (unpaired) electrons. The van der Waals surface area contributed by atoms with E-state index < -0.39 is 0 Å². The molecule has 0 fully saturated rings. The van der Waals surface area contributed by atoms with Crippen LogP contribution in [0.4, 0.5) is 0 Å². The van der Waals surface area contributed by atoms with Crippen molar-refractivity contribution in [1.82, 2.24) is 10.2 Å². The van der Waals surface area contributed by atoms with Gasteiger partial charge in [0.05, 0.1) is 0 Å². The number of likely N-dealkylation sites (N-methyl/N-ethyl adjacent to an activating group) is 1. The van der Waals surface area contributed by atoms with Gasteiger partial charge in [0.25, 0.3) is 0 Å². The zero-order valence-electron chi connectivity index (χ0n) is 10.1. The molecule has 0 aliphatic carbocycles. The highest BCUT2D eigenvalue weighted by Crippen LogP contribution is 2.00. The van der Waals surface area contributed by atoms with Crippen LogP contribution in [0, 0.1) is 5.92 Å². The van der Waals surface area contributed by atoms with Gasteiger partial charge >= 0.3 is 0 Å². The van der Waals surface area contributed by atoms with Crippen LogP contribution in [-0.4, -0.2) is 37.1 Å². The van der Waals surface area contributed by atoms with E-state index in [4.69, 9.17) is 0 Å². The highest BCUT2D eigenvalue weighted by Gasteiger charge is 2.10. The van der Waals surface area contributed by atoms with Gasteiger partial charge in [-0.3, -0.25) is 0 Å². The predicted octanol–water partition coefficient (Wildman–Crippen LogP) is 1.96. The number of nitrogens with zero attached hydrogens (tertiary/aromatic N) is 1. The predicted molar refractivity (Wildman–Crippen MR) is 60.1 cm³/mol. The Kier molecular flexibility index (Phi) is 6.35. The molecule has 2 heteroatoms. The quantitative estimate of drug-likeness (QED) is 0.682. The fourth-order valence-corrected chi connectivity index (χ4v) is 1.32. The SMILES string of the molecule is CC(C)CN(C)C(C)CNC(C)C. The van der Waals surface area contributed by atoms with Gasteiger partial charge in [0.2, 0.25) is 0 Å². The lowest BCUT2D eigenvalue weighted by molar-refractivity contribution is 0.222. The van der Waals surface area contributed by atoms with Crippen molar-refractivity contribution in [3.63, 3.8) is 0 Å². The molecule has 0 amide bonds. The van der Waals surface area contributed by atoms with Gasteiger partial charge in [-0.2, -0.15) is 0 Å². The van der Waals surface area contributed by atoms with Crippen LogP contribution in [0.2, 0.25) is 0 Å². The van der Waals surface area contributed by atoms with E-state index in [0.717, 1.165) is 12.5 Å². The van der Waals surface area contributed by atoms with Crippen LogP contribution in [0.25, 0.3) is 0 Å². The molecule has 0 heterocycles. The molecule has 0 bridgehead atoms. The van der Waals surface area contributed by atoms with Crippen molar-refractivity contribution in [1.29, 1.82) is 0 Å². The second kappa shape index (κ2) is 6.39. The van der Waals surface area contributed by atoms with Crippen LogP contribution in [0.1, 0.15) is 34.6 Å². The molecule has 80 valence electrons. The maximum Gasteiger partial charge on any atom is 0.0189 e. The van der Waals surface area contributed by atoms with E-state index in [0.29, 0.717) is 12.1 Å². The summed E-state index contributed by atoms with van der Waals surface area (Å²) in [6.45, 7) is 13.4. The molecule has 13 heavy (non-hydrogen) atoms. The zero-order valence-corrected chi connectivity index (χ0v) is 10.1. The summed E-state index contributed by atoms with van der Waals surface area (Å²) in [5.74, 6) is 0.756. The molecular formula is C11H26N2. The van der Waals surface area contributed by atoms with Crippen LogP contribution in [0.5, 0.6) is 0 Å². The molecule has 0 aliphatic rings. The number of rotatable bonds is 6. The first kappa shape index (κ1) is 12.9. The van der Waals surface area contributed by atoms with Crippen molar-refractivity contribution in [3.8, 4) is 0 Å². The largest absolute Gasteiger partial charge is 0.313 e. The Balaban J connectivity index is 3.62. The summed E-state index contributed by atoms with van der Waals surface area (Å²) in [6.07, 6.45) is 0. The summed E-state index contributed by atoms with van der Waals surface area (Å²) in [4.78, 5) is 2.42. The maximum atomic E-state index is 3.46. The third kappa shape index (κ3) is 7.03. The molecule has 0 saturated heterocycles. The molecule has 0 aromatic heterocycles. The fourth-order valence-electron chi connectivity index (χ4n) is 1.32. The minimum atomic E-state index is 0.592. The van der Waals surface area contributed by atoms with Gasteiger partial charge in [-0.1, -0.05) is 27.7 Å². The third-order valence-corrected chi connectivity index (χ3v) is 2.23. The Morgan fingerprint density at radius 2 is 1.62 bits per heavy atom. The summed E-state index contributed by atoms with van der Waals surface area (Å²) < 4.78 is 0. The Labute approximate surface area is 83.7 Å². The van der Waals surface area contributed by atoms with E-state index >= 15 is 0 Å². The van der Waals surface area contributed by atoms with Gasteiger partial charge in [0.15, 0.2) is 0 Å². The highest BCUT2D eigenvalue weighted by molar-refractivity contribution is 4.68. The third-order valence-electron chi connectivity index (χ3n) is 2.23. The summed E-state index contributed by atoms with van der Waals surface area (Å²) in [7, 11) is 2.20. The Morgan fingerprint density at radius 3 is 2.00 bits per heavy atom. The average Bonchev–Trinajstić information content (AvgIpc) is 1.98. The molecule has 0 rings (SSSR count). The van der Waals surface area contributed by atoms with Gasteiger partial charge in [-0.25, -0.2) is 0 Å². The molecule has 1 N–H and O–H groups in total. The van der Waals surface area contributed by atoms with E-state index in [1.54, 1.807) is 0 Å². The van der Waals surface area contributed by atoms with E-state index in [1.807, 2.05) is 0 Å². The summed E-state index contributed by atoms with van der Waals surface area (Å²) in [6, 6.07) is 1.22. The Morgan fingerprint density at radius 1 is 1.08 bits per heavy atom. The van der Waals surface area contributed by atoms with Crippen LogP contribution < -0.4 is 5.32 Å². The summed E-state index contributed by atoms with van der Waals surface area (Å²) in [5, 5.41) is 3.46. The Hall–Kier alpha value is -0.0800. The topological polar surface area (TPSA) is 15.3 Å². The maximum absolute atomic E-state index is 3.46. The van der Waals surface area contributed by atoms with Gasteiger partial charge in [-0.05, 0) is 19.9 Å². The Bertz CT molecular complexity index is 121. The minimum absolute atomic E-state index is 0.592. The van der Waals surface area contributed by atoms with E-state index in [2.05, 4.69) is 51.9 Å². The molecule has 0 aliphatic heterocycles. The monoisotopic (exact) mass is 186 g/mol. The lowest BCUT2D eigenvalue weighted by atomic mass is 10.2. The number of hydrogen-bond donors (Lipinski definition) is 1. The molecule has 1 atom stereocenters. The fraction of sp³-hybridized carbons (Fsp3) is 1.00. The van der Waals surface area contributed by atoms with Crippen molar-refractivity contribution < 1.29 is 0 Å². The highest BCUT2D eigenvalue weighted by atomic mass is 15.1. The first-order chi connectivity index (χ1) is 5.93. The van der Waals surface area contributed by atoms with E-state index in [-0.39, 0.29) is 0 Å². The number of nitrogens with one attached hydrogen (secondary N) is 1. The van der Waals surface area contributed by atoms with Crippen molar-refractivity contribution in [2.75, 3.05) is 20.1 Å². The molecule has 0 aromatic carbocycles. The number of hydrogen-bond acceptors (Lipinski definition) is 2. The average molecular weight is 186 g/mol. The van der Waals surface area contributed by atoms with Gasteiger partial charge < -0.3 is 10.2 Å². The summed E-state index contributed by atoms with van der Waals surface area (Å²) in [5.41, 5.74) is 0. The molecule has 1 unspecified atom stereocenters. The van der Waals surface area contributed by atoms with Crippen molar-refractivity contribution in [2.45, 2.75) is 46.7 Å². The van der Waals surface area contributed by atoms with Crippen molar-refractivity contribution in [2.24, 2.45) is 5.92 Å². The van der Waals surface area contributed by atoms with Crippen LogP contribution >= 0.6 is 0 Å². The first-order valence-corrected chi connectivity index (χ1v) is 5.37. The van der Waals surface area contributed by atoms with Gasteiger partial charge in [-0.15, -0.1) is 0 Å². The molecular weight excluding hydrogens is 160 g/mol. The standard InChI is InChI=1S/C11H26N2/c1-9(2)8-13(6)11(5)7-12-10(3)4/h9-12H,7-8H2,1-6H3. The molecule has 0 spiro atoms. The first-order valence-electron chi connectivity index (χ1n) is 5.37. The molecule has 0 saturated carbocycles. The van der Waals surface area contributed by atoms with Gasteiger partial charge in [0.1, 0.15) is 0 Å². The van der Waals surface area contributed by atoms with Crippen molar-refractivity contribution >= 4 is 0 Å². The van der Waals surface area contributed by atoms with Crippen LogP contribution in [0.15, 0.2) is 0 Å². The zero-order chi connectivity index (χ0) is 10.4. The second-order valence-electron chi connectivity index (χ2n) is 4.75. The van der Waals surface area contributed by atoms with Crippen LogP contribution in [0.3, 0.4) is 0 Å². The second-order valence-corrected chi connectivity index (χ2v) is 4.75. The summed E-state index contributed by atoms with van der Waals surface area (Å²) >= 11 is 0.